The molecule has 52 heavy (non-hydrogen) atoms. The average molecular weight is 709 g/mol. The maximum absolute atomic E-state index is 13.6. The Bertz CT molecular complexity index is 1870. The van der Waals surface area contributed by atoms with Crippen molar-refractivity contribution < 1.29 is 19.1 Å². The maximum Gasteiger partial charge on any atom is 0.271 e. The number of rotatable bonds is 7. The minimum absolute atomic E-state index is 0.0867. The van der Waals surface area contributed by atoms with Gasteiger partial charge in [-0.25, -0.2) is 4.68 Å². The lowest BCUT2D eigenvalue weighted by molar-refractivity contribution is -0.134. The molecule has 1 saturated carbocycles. The third kappa shape index (κ3) is 7.38. The van der Waals surface area contributed by atoms with Gasteiger partial charge in [0.15, 0.2) is 0 Å². The third-order valence-corrected chi connectivity index (χ3v) is 12.5. The Morgan fingerprint density at radius 3 is 2.33 bits per heavy atom. The van der Waals surface area contributed by atoms with E-state index in [1.165, 1.54) is 15.8 Å². The van der Waals surface area contributed by atoms with Crippen molar-refractivity contribution in [3.63, 3.8) is 0 Å². The zero-order valence-electron chi connectivity index (χ0n) is 31.0. The van der Waals surface area contributed by atoms with Gasteiger partial charge in [-0.2, -0.15) is 5.10 Å². The predicted octanol–water partition coefficient (Wildman–Crippen LogP) is 5.10. The van der Waals surface area contributed by atoms with Gasteiger partial charge in [-0.05, 0) is 112 Å². The molecule has 1 aromatic heterocycles. The van der Waals surface area contributed by atoms with Gasteiger partial charge in [-0.3, -0.25) is 24.5 Å². The summed E-state index contributed by atoms with van der Waals surface area (Å²) < 4.78 is 7.10. The first kappa shape index (κ1) is 35.9. The van der Waals surface area contributed by atoms with Crippen molar-refractivity contribution in [1.29, 1.82) is 0 Å². The van der Waals surface area contributed by atoms with Crippen LogP contribution >= 0.6 is 0 Å². The van der Waals surface area contributed by atoms with Crippen LogP contribution in [-0.4, -0.2) is 83.7 Å². The Morgan fingerprint density at radius 1 is 0.923 bits per heavy atom. The minimum atomic E-state index is -0.362. The number of imide groups is 1. The van der Waals surface area contributed by atoms with Crippen LogP contribution < -0.4 is 20.9 Å². The molecule has 4 aliphatic rings. The highest BCUT2D eigenvalue weighted by Gasteiger charge is 2.40. The van der Waals surface area contributed by atoms with Gasteiger partial charge in [-0.1, -0.05) is 24.3 Å². The highest BCUT2D eigenvalue weighted by molar-refractivity contribution is 6.01. The van der Waals surface area contributed by atoms with Crippen LogP contribution in [0.5, 0.6) is 5.75 Å². The normalized spacial score (nSPS) is 24.1. The first-order valence-electron chi connectivity index (χ1n) is 18.9. The number of ether oxygens (including phenoxy) is 1. The summed E-state index contributed by atoms with van der Waals surface area (Å²) in [5.74, 6) is 0.784. The van der Waals surface area contributed by atoms with Gasteiger partial charge >= 0.3 is 0 Å². The number of piperidine rings is 3. The molecule has 11 heteroatoms. The number of aromatic nitrogens is 2. The second kappa shape index (κ2) is 14.8. The summed E-state index contributed by atoms with van der Waals surface area (Å²) in [6.45, 7) is 5.24. The lowest BCUT2D eigenvalue weighted by Crippen LogP contribution is -2.44. The van der Waals surface area contributed by atoms with Crippen LogP contribution in [0.3, 0.4) is 0 Å². The van der Waals surface area contributed by atoms with Crippen LogP contribution in [0.25, 0.3) is 0 Å². The van der Waals surface area contributed by atoms with Crippen LogP contribution in [0.1, 0.15) is 108 Å². The molecule has 3 atom stereocenters. The van der Waals surface area contributed by atoms with Gasteiger partial charge in [0.25, 0.3) is 11.5 Å². The molecule has 1 spiro atoms. The minimum Gasteiger partial charge on any atom is -0.496 e. The zero-order chi connectivity index (χ0) is 36.6. The summed E-state index contributed by atoms with van der Waals surface area (Å²) in [6.07, 6.45) is 10.1. The molecule has 2 aromatic carbocycles. The smallest absolute Gasteiger partial charge is 0.271 e. The van der Waals surface area contributed by atoms with E-state index in [0.717, 1.165) is 93.7 Å². The average Bonchev–Trinajstić information content (AvgIpc) is 3.15. The number of aryl methyl sites for hydroxylation is 1. The number of likely N-dealkylation sites (N-methyl/N-ethyl adjacent to an activating group) is 1. The molecule has 0 bridgehead atoms. The Morgan fingerprint density at radius 2 is 1.63 bits per heavy atom. The Labute approximate surface area is 306 Å². The Kier molecular flexibility index (Phi) is 10.2. The van der Waals surface area contributed by atoms with Gasteiger partial charge in [0.1, 0.15) is 5.75 Å². The Balaban J connectivity index is 0.918. The summed E-state index contributed by atoms with van der Waals surface area (Å²) in [5, 5.41) is 10.2. The molecule has 1 aliphatic carbocycles. The molecule has 1 unspecified atom stereocenters. The summed E-state index contributed by atoms with van der Waals surface area (Å²) in [6, 6.07) is 14.7. The summed E-state index contributed by atoms with van der Waals surface area (Å²) in [4.78, 5) is 54.6. The third-order valence-electron chi connectivity index (χ3n) is 12.5. The standard InChI is InChI=1S/C41H52N6O5/c1-26-35(23-42-46(3)39(26)50)43-32-21-31(24-45(2)25-32)27-5-7-29(8-6-27)40(51)47-19-17-41(18-20-47)15-13-28(14-16-41)30-9-10-33(36(22-30)52-4)34-11-12-37(48)44-38(34)49/h5-10,22-23,28,31-32,34,43H,11-21,24-25H2,1-4H3,(H,44,48,49)/t31-,32+,34?/m0/s1. The van der Waals surface area contributed by atoms with E-state index in [2.05, 4.69) is 51.9 Å². The second-order valence-electron chi connectivity index (χ2n) is 15.8. The molecule has 0 radical (unpaired) electrons. The highest BCUT2D eigenvalue weighted by atomic mass is 16.5. The SMILES string of the molecule is COc1cc(C2CCC3(CC2)CCN(C(=O)c2ccc([C@H]4C[C@@H](Nc5cnn(C)c(=O)c5C)CN(C)C4)cc2)CC3)ccc1C1CCC(=O)NC1=O. The fraction of sp³-hybridized carbons (Fsp3) is 0.537. The number of hydrogen-bond donors (Lipinski definition) is 2. The zero-order valence-corrected chi connectivity index (χ0v) is 31.0. The fourth-order valence-corrected chi connectivity index (χ4v) is 9.27. The van der Waals surface area contributed by atoms with Gasteiger partial charge in [-0.15, -0.1) is 0 Å². The number of likely N-dealkylation sites (tertiary alicyclic amines) is 2. The molecule has 3 aromatic rings. The van der Waals surface area contributed by atoms with Gasteiger partial charge < -0.3 is 19.9 Å². The van der Waals surface area contributed by atoms with Crippen molar-refractivity contribution in [2.75, 3.05) is 45.7 Å². The lowest BCUT2D eigenvalue weighted by atomic mass is 9.64. The van der Waals surface area contributed by atoms with E-state index < -0.39 is 0 Å². The molecule has 3 saturated heterocycles. The van der Waals surface area contributed by atoms with Crippen molar-refractivity contribution in [3.05, 3.63) is 86.8 Å². The largest absolute Gasteiger partial charge is 0.496 e. The molecule has 11 nitrogen and oxygen atoms in total. The van der Waals surface area contributed by atoms with Crippen LogP contribution in [0.2, 0.25) is 0 Å². The van der Waals surface area contributed by atoms with E-state index in [-0.39, 0.29) is 40.7 Å². The summed E-state index contributed by atoms with van der Waals surface area (Å²) >= 11 is 0. The lowest BCUT2D eigenvalue weighted by Gasteiger charge is -2.46. The van der Waals surface area contributed by atoms with E-state index in [1.807, 2.05) is 30.0 Å². The van der Waals surface area contributed by atoms with Crippen LogP contribution in [0, 0.1) is 12.3 Å². The first-order chi connectivity index (χ1) is 25.0. The molecule has 4 heterocycles. The number of carbonyl (C=O) groups is 3. The number of anilines is 1. The first-order valence-corrected chi connectivity index (χ1v) is 18.9. The van der Waals surface area contributed by atoms with Crippen molar-refractivity contribution in [2.24, 2.45) is 12.5 Å². The maximum atomic E-state index is 13.6. The van der Waals surface area contributed by atoms with E-state index in [4.69, 9.17) is 4.74 Å². The molecular formula is C41H52N6O5. The number of nitrogens with one attached hydrogen (secondary N) is 2. The van der Waals surface area contributed by atoms with Crippen molar-refractivity contribution in [2.45, 2.75) is 88.5 Å². The van der Waals surface area contributed by atoms with E-state index in [9.17, 15) is 19.2 Å². The molecular weight excluding hydrogens is 656 g/mol. The quantitative estimate of drug-likeness (QED) is 0.325. The van der Waals surface area contributed by atoms with Crippen molar-refractivity contribution in [3.8, 4) is 5.75 Å². The number of amides is 3. The van der Waals surface area contributed by atoms with Crippen LogP contribution in [0.4, 0.5) is 5.69 Å². The second-order valence-corrected chi connectivity index (χ2v) is 15.8. The highest BCUT2D eigenvalue weighted by Crippen LogP contribution is 2.49. The van der Waals surface area contributed by atoms with Crippen LogP contribution in [-0.2, 0) is 16.6 Å². The van der Waals surface area contributed by atoms with Crippen molar-refractivity contribution >= 4 is 23.4 Å². The predicted molar refractivity (Wildman–Crippen MR) is 200 cm³/mol. The van der Waals surface area contributed by atoms with Gasteiger partial charge in [0.2, 0.25) is 11.8 Å². The van der Waals surface area contributed by atoms with Gasteiger partial charge in [0, 0.05) is 62.4 Å². The van der Waals surface area contributed by atoms with E-state index in [0.29, 0.717) is 30.2 Å². The van der Waals surface area contributed by atoms with Crippen LogP contribution in [0.15, 0.2) is 53.5 Å². The molecule has 4 fully saturated rings. The van der Waals surface area contributed by atoms with E-state index in [1.54, 1.807) is 20.4 Å². The molecule has 2 N–H and O–H groups in total. The molecule has 3 aliphatic heterocycles. The number of nitrogens with zero attached hydrogens (tertiary/aromatic N) is 4. The topological polar surface area (TPSA) is 126 Å². The summed E-state index contributed by atoms with van der Waals surface area (Å²) in [5.41, 5.74) is 5.75. The molecule has 3 amide bonds. The fourth-order valence-electron chi connectivity index (χ4n) is 9.27. The Hall–Kier alpha value is -4.51. The summed E-state index contributed by atoms with van der Waals surface area (Å²) in [7, 11) is 5.44. The molecule has 276 valence electrons. The molecule has 7 rings (SSSR count). The monoisotopic (exact) mass is 708 g/mol. The number of benzene rings is 2. The number of carbonyl (C=O) groups excluding carboxylic acids is 3. The van der Waals surface area contributed by atoms with Crippen molar-refractivity contribution in [1.82, 2.24) is 24.9 Å². The van der Waals surface area contributed by atoms with Gasteiger partial charge in [0.05, 0.1) is 24.9 Å². The van der Waals surface area contributed by atoms with E-state index >= 15 is 0 Å². The number of hydrogen-bond acceptors (Lipinski definition) is 8. The number of methoxy groups -OCH3 is 1.